The summed E-state index contributed by atoms with van der Waals surface area (Å²) in [6, 6.07) is 17.6. The first-order valence-electron chi connectivity index (χ1n) is 8.07. The summed E-state index contributed by atoms with van der Waals surface area (Å²) in [6.07, 6.45) is 1.48. The summed E-state index contributed by atoms with van der Waals surface area (Å²) >= 11 is 0. The van der Waals surface area contributed by atoms with Crippen LogP contribution in [0.3, 0.4) is 0 Å². The third kappa shape index (κ3) is 5.59. The number of benzene rings is 2. The minimum absolute atomic E-state index is 0.225. The molecule has 0 aliphatic rings. The fourth-order valence-electron chi connectivity index (χ4n) is 2.35. The van der Waals surface area contributed by atoms with E-state index in [1.165, 1.54) is 6.08 Å². The van der Waals surface area contributed by atoms with Crippen molar-refractivity contribution in [2.45, 2.75) is 5.92 Å². The largest absolute Gasteiger partial charge is 0.455 e. The molecule has 0 saturated carbocycles. The van der Waals surface area contributed by atoms with Crippen molar-refractivity contribution in [1.82, 2.24) is 10.6 Å². The highest BCUT2D eigenvalue weighted by Gasteiger charge is 2.25. The van der Waals surface area contributed by atoms with Gasteiger partial charge in [-0.25, -0.2) is 4.79 Å². The Balaban J connectivity index is 2.03. The first-order valence-corrected chi connectivity index (χ1v) is 8.07. The molecular weight excluding hydrogens is 332 g/mol. The van der Waals surface area contributed by atoms with Crippen LogP contribution in [0.15, 0.2) is 73.3 Å². The molecule has 0 aliphatic heterocycles. The smallest absolute Gasteiger partial charge is 0.321 e. The molecule has 6 nitrogen and oxygen atoms in total. The predicted molar refractivity (Wildman–Crippen MR) is 97.4 cm³/mol. The Bertz CT molecular complexity index is 720. The zero-order chi connectivity index (χ0) is 18.8. The Kier molecular flexibility index (Phi) is 7.12. The average molecular weight is 352 g/mol. The Hall–Kier alpha value is -3.41. The van der Waals surface area contributed by atoms with Crippen molar-refractivity contribution in [2.24, 2.45) is 0 Å². The minimum atomic E-state index is -0.709. The lowest BCUT2D eigenvalue weighted by Gasteiger charge is -2.17. The van der Waals surface area contributed by atoms with Gasteiger partial charge in [0.2, 0.25) is 0 Å². The molecule has 3 amide bonds. The van der Waals surface area contributed by atoms with Crippen LogP contribution in [0.25, 0.3) is 0 Å². The molecule has 0 aliphatic carbocycles. The lowest BCUT2D eigenvalue weighted by atomic mass is 9.91. The average Bonchev–Trinajstić information content (AvgIpc) is 2.66. The summed E-state index contributed by atoms with van der Waals surface area (Å²) in [5.74, 6) is -1.93. The molecule has 26 heavy (non-hydrogen) atoms. The van der Waals surface area contributed by atoms with Gasteiger partial charge in [0.05, 0.1) is 0 Å². The van der Waals surface area contributed by atoms with E-state index in [2.05, 4.69) is 17.2 Å². The van der Waals surface area contributed by atoms with Crippen molar-refractivity contribution in [2.75, 3.05) is 13.2 Å². The fraction of sp³-hybridized carbons (Fsp3) is 0.150. The Labute approximate surface area is 151 Å². The molecule has 0 atom stereocenters. The van der Waals surface area contributed by atoms with E-state index < -0.39 is 30.4 Å². The standard InChI is InChI=1S/C20H20N2O4/c1-2-13-21-20(25)22-17(23)14-26-19(24)18(15-9-5-3-6-10-15)16-11-7-4-8-12-16/h2-12,18H,1,13-14H2,(H2,21,22,23,25). The van der Waals surface area contributed by atoms with Gasteiger partial charge >= 0.3 is 12.0 Å². The summed E-state index contributed by atoms with van der Waals surface area (Å²) in [5, 5.41) is 4.47. The van der Waals surface area contributed by atoms with E-state index in [9.17, 15) is 14.4 Å². The summed E-state index contributed by atoms with van der Waals surface area (Å²) < 4.78 is 5.13. The van der Waals surface area contributed by atoms with E-state index in [4.69, 9.17) is 4.74 Å². The van der Waals surface area contributed by atoms with E-state index in [0.29, 0.717) is 0 Å². The van der Waals surface area contributed by atoms with E-state index in [1.54, 1.807) is 0 Å². The Morgan fingerprint density at radius 3 is 2.00 bits per heavy atom. The van der Waals surface area contributed by atoms with Crippen molar-refractivity contribution in [3.63, 3.8) is 0 Å². The van der Waals surface area contributed by atoms with Gasteiger partial charge in [-0.05, 0) is 11.1 Å². The Morgan fingerprint density at radius 1 is 0.962 bits per heavy atom. The van der Waals surface area contributed by atoms with E-state index in [1.807, 2.05) is 60.7 Å². The van der Waals surface area contributed by atoms with Gasteiger partial charge in [0, 0.05) is 6.54 Å². The zero-order valence-electron chi connectivity index (χ0n) is 14.2. The molecule has 0 heterocycles. The quantitative estimate of drug-likeness (QED) is 0.592. The first-order chi connectivity index (χ1) is 12.6. The van der Waals surface area contributed by atoms with Crippen molar-refractivity contribution in [3.05, 3.63) is 84.4 Å². The van der Waals surface area contributed by atoms with Crippen molar-refractivity contribution in [1.29, 1.82) is 0 Å². The highest BCUT2D eigenvalue weighted by molar-refractivity contribution is 5.96. The molecular formula is C20H20N2O4. The monoisotopic (exact) mass is 352 g/mol. The second kappa shape index (κ2) is 9.78. The third-order valence-electron chi connectivity index (χ3n) is 3.51. The lowest BCUT2D eigenvalue weighted by Crippen LogP contribution is -2.41. The number of esters is 1. The maximum atomic E-state index is 12.6. The minimum Gasteiger partial charge on any atom is -0.455 e. The molecule has 6 heteroatoms. The predicted octanol–water partition coefficient (Wildman–Crippen LogP) is 2.37. The highest BCUT2D eigenvalue weighted by Crippen LogP contribution is 2.25. The highest BCUT2D eigenvalue weighted by atomic mass is 16.5. The van der Waals surface area contributed by atoms with Gasteiger partial charge in [-0.1, -0.05) is 66.7 Å². The number of ether oxygens (including phenoxy) is 1. The number of urea groups is 1. The van der Waals surface area contributed by atoms with Crippen LogP contribution in [-0.2, 0) is 14.3 Å². The van der Waals surface area contributed by atoms with Crippen molar-refractivity contribution >= 4 is 17.9 Å². The lowest BCUT2D eigenvalue weighted by molar-refractivity contribution is -0.148. The van der Waals surface area contributed by atoms with Crippen LogP contribution < -0.4 is 10.6 Å². The van der Waals surface area contributed by atoms with Crippen LogP contribution in [0.1, 0.15) is 17.0 Å². The number of carbonyl (C=O) groups is 3. The molecule has 0 bridgehead atoms. The van der Waals surface area contributed by atoms with E-state index >= 15 is 0 Å². The van der Waals surface area contributed by atoms with Crippen molar-refractivity contribution in [3.8, 4) is 0 Å². The van der Waals surface area contributed by atoms with Gasteiger partial charge in [0.25, 0.3) is 5.91 Å². The first kappa shape index (κ1) is 18.9. The zero-order valence-corrected chi connectivity index (χ0v) is 14.2. The van der Waals surface area contributed by atoms with Crippen LogP contribution in [-0.4, -0.2) is 31.1 Å². The molecule has 2 rings (SSSR count). The maximum absolute atomic E-state index is 12.6. The molecule has 0 saturated heterocycles. The van der Waals surface area contributed by atoms with Crippen LogP contribution in [0.2, 0.25) is 0 Å². The second-order valence-corrected chi connectivity index (χ2v) is 5.41. The number of carbonyl (C=O) groups excluding carboxylic acids is 3. The van der Waals surface area contributed by atoms with Gasteiger partial charge in [0.15, 0.2) is 6.61 Å². The summed E-state index contributed by atoms with van der Waals surface area (Å²) in [7, 11) is 0. The summed E-state index contributed by atoms with van der Waals surface area (Å²) in [5.41, 5.74) is 1.51. The molecule has 2 N–H and O–H groups in total. The normalized spacial score (nSPS) is 10.0. The van der Waals surface area contributed by atoms with E-state index in [-0.39, 0.29) is 6.54 Å². The number of hydrogen-bond donors (Lipinski definition) is 2. The van der Waals surface area contributed by atoms with Crippen LogP contribution in [0, 0.1) is 0 Å². The fourth-order valence-corrected chi connectivity index (χ4v) is 2.35. The van der Waals surface area contributed by atoms with Crippen LogP contribution in [0.4, 0.5) is 4.79 Å². The molecule has 2 aromatic rings. The van der Waals surface area contributed by atoms with Gasteiger partial charge in [-0.15, -0.1) is 6.58 Å². The summed E-state index contributed by atoms with van der Waals surface area (Å²) in [4.78, 5) is 35.7. The number of nitrogens with one attached hydrogen (secondary N) is 2. The molecule has 134 valence electrons. The third-order valence-corrected chi connectivity index (χ3v) is 3.51. The Morgan fingerprint density at radius 2 is 1.50 bits per heavy atom. The number of hydrogen-bond acceptors (Lipinski definition) is 4. The van der Waals surface area contributed by atoms with Crippen molar-refractivity contribution < 1.29 is 19.1 Å². The molecule has 0 radical (unpaired) electrons. The SMILES string of the molecule is C=CCNC(=O)NC(=O)COC(=O)C(c1ccccc1)c1ccccc1. The number of imide groups is 1. The summed E-state index contributed by atoms with van der Waals surface area (Å²) in [6.45, 7) is 3.13. The van der Waals surface area contributed by atoms with Crippen LogP contribution >= 0.6 is 0 Å². The van der Waals surface area contributed by atoms with Crippen LogP contribution in [0.5, 0.6) is 0 Å². The van der Waals surface area contributed by atoms with E-state index in [0.717, 1.165) is 11.1 Å². The van der Waals surface area contributed by atoms with Gasteiger partial charge in [-0.3, -0.25) is 14.9 Å². The number of rotatable bonds is 7. The topological polar surface area (TPSA) is 84.5 Å². The van der Waals surface area contributed by atoms with Gasteiger partial charge in [0.1, 0.15) is 5.92 Å². The number of amides is 3. The molecule has 0 unspecified atom stereocenters. The molecule has 0 aromatic heterocycles. The maximum Gasteiger partial charge on any atom is 0.321 e. The molecule has 0 spiro atoms. The molecule has 0 fully saturated rings. The van der Waals surface area contributed by atoms with Gasteiger partial charge in [-0.2, -0.15) is 0 Å². The molecule has 2 aromatic carbocycles. The second-order valence-electron chi connectivity index (χ2n) is 5.41. The van der Waals surface area contributed by atoms with Gasteiger partial charge < -0.3 is 10.1 Å².